The van der Waals surface area contributed by atoms with E-state index in [-0.39, 0.29) is 20.9 Å². The van der Waals surface area contributed by atoms with Crippen molar-refractivity contribution < 1.29 is 13.2 Å². The van der Waals surface area contributed by atoms with Crippen molar-refractivity contribution in [2.45, 2.75) is 37.6 Å². The molecule has 0 aliphatic heterocycles. The number of rotatable bonds is 6. The summed E-state index contributed by atoms with van der Waals surface area (Å²) >= 11 is 6.24. The van der Waals surface area contributed by atoms with E-state index in [9.17, 15) is 13.2 Å². The van der Waals surface area contributed by atoms with Crippen molar-refractivity contribution in [2.75, 3.05) is 19.4 Å². The average molecular weight is 475 g/mol. The minimum atomic E-state index is -3.71. The van der Waals surface area contributed by atoms with Crippen LogP contribution in [0.2, 0.25) is 5.02 Å². The number of anilines is 1. The molecule has 0 radical (unpaired) electrons. The molecule has 1 N–H and O–H groups in total. The van der Waals surface area contributed by atoms with E-state index in [2.05, 4.69) is 5.32 Å². The van der Waals surface area contributed by atoms with Crippen molar-refractivity contribution in [1.29, 1.82) is 0 Å². The Morgan fingerprint density at radius 3 is 2.34 bits per heavy atom. The van der Waals surface area contributed by atoms with Crippen molar-refractivity contribution >= 4 is 33.3 Å². The van der Waals surface area contributed by atoms with Crippen molar-refractivity contribution in [3.8, 4) is 0 Å². The lowest BCUT2D eigenvalue weighted by Gasteiger charge is -2.14. The largest absolute Gasteiger partial charge is 0.307 e. The van der Waals surface area contributed by atoms with Crippen LogP contribution in [0.4, 0.5) is 5.82 Å². The Morgan fingerprint density at radius 2 is 1.75 bits per heavy atom. The number of nitrogens with zero attached hydrogens (tertiary/aromatic N) is 3. The molecule has 0 atom stereocenters. The van der Waals surface area contributed by atoms with Crippen molar-refractivity contribution in [3.05, 3.63) is 76.4 Å². The molecule has 3 aromatic rings. The lowest BCUT2D eigenvalue weighted by atomic mass is 9.92. The quantitative estimate of drug-likeness (QED) is 0.574. The number of hydrogen-bond acceptors (Lipinski definition) is 4. The number of amides is 1. The van der Waals surface area contributed by atoms with Crippen LogP contribution in [0, 0.1) is 0 Å². The Bertz CT molecular complexity index is 1230. The molecule has 1 aromatic heterocycles. The van der Waals surface area contributed by atoms with E-state index < -0.39 is 15.9 Å². The summed E-state index contributed by atoms with van der Waals surface area (Å²) in [4.78, 5) is 13.1. The second kappa shape index (κ2) is 9.05. The molecule has 0 fully saturated rings. The SMILES string of the molecule is CN(C)S(=O)(=O)c1ccc(Cl)c(C(=O)Nc2cc(C(C)(C)C)nn2Cc2ccccc2)c1. The molecule has 3 rings (SSSR count). The van der Waals surface area contributed by atoms with Gasteiger partial charge in [0.05, 0.1) is 27.7 Å². The Labute approximate surface area is 194 Å². The van der Waals surface area contributed by atoms with E-state index in [1.54, 1.807) is 4.68 Å². The second-order valence-corrected chi connectivity index (χ2v) is 11.3. The molecule has 170 valence electrons. The maximum Gasteiger partial charge on any atom is 0.258 e. The molecule has 32 heavy (non-hydrogen) atoms. The number of carbonyl (C=O) groups excluding carboxylic acids is 1. The number of sulfonamides is 1. The first-order valence-corrected chi connectivity index (χ1v) is 11.9. The molecule has 0 saturated carbocycles. The monoisotopic (exact) mass is 474 g/mol. The fourth-order valence-electron chi connectivity index (χ4n) is 2.99. The van der Waals surface area contributed by atoms with E-state index in [4.69, 9.17) is 16.7 Å². The molecule has 0 spiro atoms. The van der Waals surface area contributed by atoms with Gasteiger partial charge in [-0.3, -0.25) is 4.79 Å². The maximum atomic E-state index is 13.1. The normalized spacial score (nSPS) is 12.2. The van der Waals surface area contributed by atoms with Gasteiger partial charge in [0.1, 0.15) is 5.82 Å². The van der Waals surface area contributed by atoms with E-state index in [1.165, 1.54) is 32.3 Å². The highest BCUT2D eigenvalue weighted by molar-refractivity contribution is 7.89. The summed E-state index contributed by atoms with van der Waals surface area (Å²) in [6.07, 6.45) is 0. The Hall–Kier alpha value is -2.68. The fraction of sp³-hybridized carbons (Fsp3) is 0.304. The van der Waals surface area contributed by atoms with Crippen LogP contribution in [-0.2, 0) is 22.0 Å². The Balaban J connectivity index is 1.98. The molecule has 0 aliphatic carbocycles. The Morgan fingerprint density at radius 1 is 1.09 bits per heavy atom. The highest BCUT2D eigenvalue weighted by Crippen LogP contribution is 2.27. The summed E-state index contributed by atoms with van der Waals surface area (Å²) in [7, 11) is -0.849. The van der Waals surface area contributed by atoms with Gasteiger partial charge in [0, 0.05) is 25.6 Å². The number of halogens is 1. The zero-order valence-electron chi connectivity index (χ0n) is 18.8. The van der Waals surface area contributed by atoms with E-state index >= 15 is 0 Å². The molecular weight excluding hydrogens is 448 g/mol. The van der Waals surface area contributed by atoms with Gasteiger partial charge in [-0.15, -0.1) is 0 Å². The molecule has 9 heteroatoms. The number of carbonyl (C=O) groups is 1. The predicted octanol–water partition coefficient (Wildman–Crippen LogP) is 4.38. The molecule has 7 nitrogen and oxygen atoms in total. The molecule has 1 heterocycles. The van der Waals surface area contributed by atoms with Crippen molar-refractivity contribution in [2.24, 2.45) is 0 Å². The van der Waals surface area contributed by atoms with Crippen LogP contribution < -0.4 is 5.32 Å². The van der Waals surface area contributed by atoms with Crippen LogP contribution in [0.5, 0.6) is 0 Å². The van der Waals surface area contributed by atoms with Gasteiger partial charge in [-0.2, -0.15) is 5.10 Å². The van der Waals surface area contributed by atoms with Crippen LogP contribution in [0.1, 0.15) is 42.4 Å². The first-order valence-electron chi connectivity index (χ1n) is 10.1. The smallest absolute Gasteiger partial charge is 0.258 e. The molecule has 1 amide bonds. The van der Waals surface area contributed by atoms with Gasteiger partial charge >= 0.3 is 0 Å². The molecule has 0 bridgehead atoms. The van der Waals surface area contributed by atoms with Crippen LogP contribution in [0.3, 0.4) is 0 Å². The topological polar surface area (TPSA) is 84.3 Å². The first kappa shape index (κ1) is 24.0. The maximum absolute atomic E-state index is 13.1. The predicted molar refractivity (Wildman–Crippen MR) is 127 cm³/mol. The zero-order chi connectivity index (χ0) is 23.7. The number of nitrogens with one attached hydrogen (secondary N) is 1. The summed E-state index contributed by atoms with van der Waals surface area (Å²) in [5.41, 5.74) is 1.69. The third-order valence-corrected chi connectivity index (χ3v) is 7.07. The van der Waals surface area contributed by atoms with Gasteiger partial charge in [-0.05, 0) is 23.8 Å². The Kier molecular flexibility index (Phi) is 6.78. The van der Waals surface area contributed by atoms with Gasteiger partial charge in [-0.25, -0.2) is 17.4 Å². The summed E-state index contributed by atoms with van der Waals surface area (Å²) in [5.74, 6) is -0.0128. The van der Waals surface area contributed by atoms with Crippen LogP contribution in [-0.4, -0.2) is 42.5 Å². The van der Waals surface area contributed by atoms with Gasteiger partial charge in [0.2, 0.25) is 10.0 Å². The zero-order valence-corrected chi connectivity index (χ0v) is 20.3. The summed E-state index contributed by atoms with van der Waals surface area (Å²) in [5, 5.41) is 7.71. The van der Waals surface area contributed by atoms with Crippen molar-refractivity contribution in [1.82, 2.24) is 14.1 Å². The molecule has 2 aromatic carbocycles. The molecule has 0 unspecified atom stereocenters. The summed E-state index contributed by atoms with van der Waals surface area (Å²) in [6, 6.07) is 15.7. The van der Waals surface area contributed by atoms with Gasteiger partial charge < -0.3 is 5.32 Å². The average Bonchev–Trinajstić information content (AvgIpc) is 3.11. The summed E-state index contributed by atoms with van der Waals surface area (Å²) < 4.78 is 27.8. The van der Waals surface area contributed by atoms with Gasteiger partial charge in [-0.1, -0.05) is 62.7 Å². The number of aromatic nitrogens is 2. The number of benzene rings is 2. The highest BCUT2D eigenvalue weighted by atomic mass is 35.5. The third-order valence-electron chi connectivity index (χ3n) is 4.93. The van der Waals surface area contributed by atoms with E-state index in [0.29, 0.717) is 12.4 Å². The lowest BCUT2D eigenvalue weighted by molar-refractivity contribution is 0.102. The van der Waals surface area contributed by atoms with Gasteiger partial charge in [0.25, 0.3) is 5.91 Å². The molecular formula is C23H27ClN4O3S. The minimum Gasteiger partial charge on any atom is -0.307 e. The van der Waals surface area contributed by atoms with Crippen LogP contribution >= 0.6 is 11.6 Å². The van der Waals surface area contributed by atoms with Crippen LogP contribution in [0.25, 0.3) is 0 Å². The van der Waals surface area contributed by atoms with Crippen molar-refractivity contribution in [3.63, 3.8) is 0 Å². The lowest BCUT2D eigenvalue weighted by Crippen LogP contribution is -2.23. The van der Waals surface area contributed by atoms with Crippen LogP contribution in [0.15, 0.2) is 59.5 Å². The number of hydrogen-bond donors (Lipinski definition) is 1. The fourth-order valence-corrected chi connectivity index (χ4v) is 4.13. The first-order chi connectivity index (χ1) is 14.9. The van der Waals surface area contributed by atoms with Gasteiger partial charge in [0.15, 0.2) is 0 Å². The third kappa shape index (κ3) is 5.20. The highest BCUT2D eigenvalue weighted by Gasteiger charge is 2.24. The molecule has 0 aliphatic rings. The molecule has 0 saturated heterocycles. The minimum absolute atomic E-state index is 0.00905. The summed E-state index contributed by atoms with van der Waals surface area (Å²) in [6.45, 7) is 6.59. The standard InChI is InChI=1S/C23H27ClN4O3S/c1-23(2,3)20-14-21(28(26-20)15-16-9-7-6-8-10-16)25-22(29)18-13-17(11-12-19(18)24)32(30,31)27(4)5/h6-14H,15H2,1-5H3,(H,25,29). The van der Waals surface area contributed by atoms with E-state index in [0.717, 1.165) is 15.6 Å². The van der Waals surface area contributed by atoms with E-state index in [1.807, 2.05) is 57.2 Å². The second-order valence-electron chi connectivity index (χ2n) is 8.69.